The molecular weight excluding hydrogens is 891 g/mol. The van der Waals surface area contributed by atoms with E-state index in [1.54, 1.807) is 0 Å². The molecule has 15 rings (SSSR count). The molecule has 0 fully saturated rings. The summed E-state index contributed by atoms with van der Waals surface area (Å²) in [7, 11) is 0. The molecule has 0 unspecified atom stereocenters. The highest BCUT2D eigenvalue weighted by Crippen LogP contribution is 2.52. The van der Waals surface area contributed by atoms with E-state index in [9.17, 15) is 0 Å². The summed E-state index contributed by atoms with van der Waals surface area (Å²) < 4.78 is 9.08. The topological polar surface area (TPSA) is 13.8 Å². The fourth-order valence-corrected chi connectivity index (χ4v) is 13.9. The van der Waals surface area contributed by atoms with Gasteiger partial charge in [-0.2, -0.15) is 0 Å². The van der Waals surface area contributed by atoms with Crippen LogP contribution in [0, 0.1) is 0 Å². The highest BCUT2D eigenvalue weighted by Gasteiger charge is 2.31. The number of para-hydroxylation sites is 1. The van der Waals surface area contributed by atoms with Crippen molar-refractivity contribution < 1.29 is 0 Å². The number of rotatable bonds is 3. The van der Waals surface area contributed by atoms with Crippen molar-refractivity contribution in [3.63, 3.8) is 0 Å². The summed E-state index contributed by atoms with van der Waals surface area (Å²) in [5.74, 6) is 0. The molecular formula is C68H55N3S. The zero-order valence-corrected chi connectivity index (χ0v) is 43.2. The fourth-order valence-electron chi connectivity index (χ4n) is 12.6. The molecule has 0 aliphatic carbocycles. The lowest BCUT2D eigenvalue weighted by atomic mass is 9.82. The van der Waals surface area contributed by atoms with Crippen LogP contribution in [0.3, 0.4) is 0 Å². The zero-order chi connectivity index (χ0) is 48.9. The van der Waals surface area contributed by atoms with Crippen LogP contribution in [-0.4, -0.2) is 13.4 Å². The molecule has 15 aromatic rings. The van der Waals surface area contributed by atoms with Crippen LogP contribution in [0.15, 0.2) is 170 Å². The molecule has 0 saturated heterocycles. The summed E-state index contributed by atoms with van der Waals surface area (Å²) in [5, 5.41) is 14.7. The first-order valence-corrected chi connectivity index (χ1v) is 26.5. The molecule has 0 radical (unpaired) electrons. The van der Waals surface area contributed by atoms with Gasteiger partial charge in [-0.1, -0.05) is 147 Å². The van der Waals surface area contributed by atoms with Crippen molar-refractivity contribution in [2.24, 2.45) is 0 Å². The predicted octanol–water partition coefficient (Wildman–Crippen LogP) is 19.5. The van der Waals surface area contributed by atoms with Crippen LogP contribution in [0.2, 0.25) is 0 Å². The van der Waals surface area contributed by atoms with Crippen molar-refractivity contribution in [3.05, 3.63) is 187 Å². The Hall–Kier alpha value is -7.66. The molecule has 348 valence electrons. The zero-order valence-electron chi connectivity index (χ0n) is 42.4. The molecule has 6 heterocycles. The van der Waals surface area contributed by atoms with Crippen LogP contribution >= 0.6 is 11.3 Å². The molecule has 0 atom stereocenters. The number of benzene rings is 9. The van der Waals surface area contributed by atoms with Gasteiger partial charge >= 0.3 is 0 Å². The van der Waals surface area contributed by atoms with Crippen molar-refractivity contribution in [2.75, 3.05) is 0 Å². The number of hydrogen-bond donors (Lipinski definition) is 0. The van der Waals surface area contributed by atoms with Crippen molar-refractivity contribution in [3.8, 4) is 27.9 Å². The molecule has 0 saturated carbocycles. The SMILES string of the molecule is CC(C)(C)c1cc(-c2ccc3c(c2)c2ccccc2n3-c2cccc(-c3ccccc3)c2)c2c(c1)c1cc(C(C)(C)C)cc3c4c5c6cc(C(C)(C)C)cc7c8c9ccccc9sc8n(c5ccc4n2c13)c67. The smallest absolute Gasteiger partial charge is 0.109 e. The first-order valence-electron chi connectivity index (χ1n) is 25.7. The van der Waals surface area contributed by atoms with E-state index in [2.05, 4.69) is 246 Å². The van der Waals surface area contributed by atoms with Gasteiger partial charge in [0, 0.05) is 75.2 Å². The highest BCUT2D eigenvalue weighted by atomic mass is 32.1. The summed E-state index contributed by atoms with van der Waals surface area (Å²) in [6, 6.07) is 65.0. The van der Waals surface area contributed by atoms with E-state index < -0.39 is 0 Å². The lowest BCUT2D eigenvalue weighted by molar-refractivity contribution is 0.591. The van der Waals surface area contributed by atoms with E-state index >= 15 is 0 Å². The first-order chi connectivity index (χ1) is 34.6. The Morgan fingerprint density at radius 2 is 0.861 bits per heavy atom. The van der Waals surface area contributed by atoms with Crippen LogP contribution in [0.4, 0.5) is 0 Å². The van der Waals surface area contributed by atoms with E-state index in [1.165, 1.54) is 146 Å². The summed E-state index contributed by atoms with van der Waals surface area (Å²) in [5.41, 5.74) is 18.9. The van der Waals surface area contributed by atoms with Crippen molar-refractivity contribution >= 4 is 119 Å². The summed E-state index contributed by atoms with van der Waals surface area (Å²) in [6.45, 7) is 21.3. The van der Waals surface area contributed by atoms with Gasteiger partial charge in [0.25, 0.3) is 0 Å². The second kappa shape index (κ2) is 14.1. The second-order valence-electron chi connectivity index (χ2n) is 23.8. The average Bonchev–Trinajstić information content (AvgIpc) is 4.20. The quantitative estimate of drug-likeness (QED) is 0.168. The van der Waals surface area contributed by atoms with Crippen molar-refractivity contribution in [2.45, 2.75) is 78.6 Å². The molecule has 0 spiro atoms. The largest absolute Gasteiger partial charge is 0.309 e. The Kier molecular flexibility index (Phi) is 8.21. The standard InChI is InChI=1S/C68H55N3S/c1-66(2,3)41-32-47(40-26-27-55-48(31-40)45-22-13-15-24-54(45)69(55)44-21-17-20-39(30-44)38-18-11-10-12-19-38)62-49(33-41)50-34-42(67(4,5)6)36-52-60-56(70(62)63(50)52)28-29-57-61(60)53-37-43(68(7,8)9)35-51-59-46-23-14-16-25-58(46)72-65(59)71(57)64(51)53/h10-37H,1-9H3. The van der Waals surface area contributed by atoms with E-state index in [-0.39, 0.29) is 16.2 Å². The normalized spacial score (nSPS) is 13.3. The van der Waals surface area contributed by atoms with E-state index in [1.807, 2.05) is 11.3 Å². The third kappa shape index (κ3) is 5.62. The summed E-state index contributed by atoms with van der Waals surface area (Å²) in [4.78, 5) is 1.34. The van der Waals surface area contributed by atoms with Gasteiger partial charge in [-0.15, -0.1) is 11.3 Å². The average molecular weight is 946 g/mol. The van der Waals surface area contributed by atoms with Gasteiger partial charge in [-0.3, -0.25) is 4.40 Å². The Morgan fingerprint density at radius 3 is 1.56 bits per heavy atom. The molecule has 0 bridgehead atoms. The van der Waals surface area contributed by atoms with Gasteiger partial charge in [-0.25, -0.2) is 0 Å². The van der Waals surface area contributed by atoms with Crippen molar-refractivity contribution in [1.82, 2.24) is 13.4 Å². The number of fused-ring (bicyclic) bond motifs is 18. The Morgan fingerprint density at radius 1 is 0.333 bits per heavy atom. The number of aromatic nitrogens is 3. The molecule has 4 heteroatoms. The maximum absolute atomic E-state index is 2.67. The molecule has 0 N–H and O–H groups in total. The Labute approximate surface area is 422 Å². The van der Waals surface area contributed by atoms with Crippen LogP contribution in [0.5, 0.6) is 0 Å². The number of nitrogens with zero attached hydrogens (tertiary/aromatic N) is 3. The number of thiophene rings is 1. The third-order valence-electron chi connectivity index (χ3n) is 16.3. The maximum Gasteiger partial charge on any atom is 0.109 e. The second-order valence-corrected chi connectivity index (χ2v) is 24.8. The minimum atomic E-state index is -0.0799. The molecule has 0 aliphatic heterocycles. The van der Waals surface area contributed by atoms with Gasteiger partial charge in [0.15, 0.2) is 0 Å². The van der Waals surface area contributed by atoms with Crippen LogP contribution in [0.25, 0.3) is 135 Å². The molecule has 6 aromatic heterocycles. The maximum atomic E-state index is 2.67. The number of hydrogen-bond acceptors (Lipinski definition) is 1. The van der Waals surface area contributed by atoms with Gasteiger partial charge in [0.05, 0.1) is 38.6 Å². The van der Waals surface area contributed by atoms with Gasteiger partial charge in [-0.05, 0) is 135 Å². The van der Waals surface area contributed by atoms with Crippen LogP contribution < -0.4 is 0 Å². The summed E-state index contributed by atoms with van der Waals surface area (Å²) >= 11 is 1.93. The van der Waals surface area contributed by atoms with Gasteiger partial charge in [0.2, 0.25) is 0 Å². The third-order valence-corrected chi connectivity index (χ3v) is 17.5. The highest BCUT2D eigenvalue weighted by molar-refractivity contribution is 7.25. The molecule has 72 heavy (non-hydrogen) atoms. The van der Waals surface area contributed by atoms with Gasteiger partial charge < -0.3 is 8.97 Å². The van der Waals surface area contributed by atoms with Gasteiger partial charge in [0.1, 0.15) is 4.83 Å². The minimum absolute atomic E-state index is 0.0359. The Balaban J connectivity index is 1.08. The van der Waals surface area contributed by atoms with E-state index in [0.717, 1.165) is 5.69 Å². The van der Waals surface area contributed by atoms with Crippen LogP contribution in [0.1, 0.15) is 79.0 Å². The predicted molar refractivity (Wildman–Crippen MR) is 312 cm³/mol. The first kappa shape index (κ1) is 42.1. The minimum Gasteiger partial charge on any atom is -0.309 e. The fraction of sp³-hybridized carbons (Fsp3) is 0.176. The summed E-state index contributed by atoms with van der Waals surface area (Å²) in [6.07, 6.45) is 0. The van der Waals surface area contributed by atoms with Crippen molar-refractivity contribution in [1.29, 1.82) is 0 Å². The molecule has 0 aliphatic rings. The lowest BCUT2D eigenvalue weighted by Crippen LogP contribution is -2.11. The molecule has 9 aromatic carbocycles. The van der Waals surface area contributed by atoms with E-state index in [0.29, 0.717) is 0 Å². The molecule has 0 amide bonds. The van der Waals surface area contributed by atoms with E-state index in [4.69, 9.17) is 0 Å². The Bertz CT molecular complexity index is 4780. The van der Waals surface area contributed by atoms with Crippen LogP contribution in [-0.2, 0) is 16.2 Å². The lowest BCUT2D eigenvalue weighted by Gasteiger charge is -2.22. The monoisotopic (exact) mass is 945 g/mol. The molecule has 3 nitrogen and oxygen atoms in total.